The molecule has 0 aliphatic carbocycles. The van der Waals surface area contributed by atoms with E-state index >= 15 is 0 Å². The molecule has 82 valence electrons. The van der Waals surface area contributed by atoms with E-state index < -0.39 is 0 Å². The minimum Gasteiger partial charge on any atom is -0.352 e. The van der Waals surface area contributed by atoms with Gasteiger partial charge in [0.1, 0.15) is 0 Å². The molecule has 3 nitrogen and oxygen atoms in total. The van der Waals surface area contributed by atoms with E-state index in [-0.39, 0.29) is 11.9 Å². The van der Waals surface area contributed by atoms with Crippen molar-refractivity contribution in [3.05, 3.63) is 0 Å². The van der Waals surface area contributed by atoms with E-state index in [2.05, 4.69) is 24.5 Å². The molecule has 14 heavy (non-hydrogen) atoms. The first-order chi connectivity index (χ1) is 6.63. The number of nitrogens with one attached hydrogen (secondary N) is 2. The molecule has 1 saturated heterocycles. The van der Waals surface area contributed by atoms with E-state index in [1.165, 1.54) is 6.42 Å². The highest BCUT2D eigenvalue weighted by molar-refractivity contribution is 5.82. The second kappa shape index (κ2) is 5.35. The van der Waals surface area contributed by atoms with Gasteiger partial charge in [-0.15, -0.1) is 0 Å². The third-order valence-corrected chi connectivity index (χ3v) is 2.93. The van der Waals surface area contributed by atoms with Crippen molar-refractivity contribution in [2.24, 2.45) is 0 Å². The Balaban J connectivity index is 2.36. The standard InChI is InChI=1S/C11H22N2O/c1-4-8(2)13-11(14)10-7-5-6-9(3)12-10/h8-10,12H,4-7H2,1-3H3,(H,13,14). The lowest BCUT2D eigenvalue weighted by Gasteiger charge is -2.28. The first kappa shape index (κ1) is 11.5. The van der Waals surface area contributed by atoms with Gasteiger partial charge in [0.05, 0.1) is 6.04 Å². The first-order valence-corrected chi connectivity index (χ1v) is 5.70. The largest absolute Gasteiger partial charge is 0.352 e. The van der Waals surface area contributed by atoms with Crippen LogP contribution in [0.15, 0.2) is 0 Å². The summed E-state index contributed by atoms with van der Waals surface area (Å²) in [5, 5.41) is 6.35. The molecule has 1 amide bonds. The molecule has 0 spiro atoms. The Hall–Kier alpha value is -0.570. The summed E-state index contributed by atoms with van der Waals surface area (Å²) in [6.45, 7) is 6.27. The summed E-state index contributed by atoms with van der Waals surface area (Å²) in [5.74, 6) is 0.172. The number of hydrogen-bond acceptors (Lipinski definition) is 2. The molecule has 1 heterocycles. The molecule has 0 saturated carbocycles. The number of carbonyl (C=O) groups excluding carboxylic acids is 1. The Morgan fingerprint density at radius 1 is 1.57 bits per heavy atom. The van der Waals surface area contributed by atoms with Crippen molar-refractivity contribution in [2.45, 2.75) is 64.6 Å². The molecule has 2 N–H and O–H groups in total. The monoisotopic (exact) mass is 198 g/mol. The average Bonchev–Trinajstić information content (AvgIpc) is 2.17. The molecule has 3 atom stereocenters. The number of rotatable bonds is 3. The fraction of sp³-hybridized carbons (Fsp3) is 0.909. The highest BCUT2D eigenvalue weighted by atomic mass is 16.2. The Labute approximate surface area is 86.6 Å². The second-order valence-corrected chi connectivity index (χ2v) is 4.37. The lowest BCUT2D eigenvalue weighted by molar-refractivity contribution is -0.124. The van der Waals surface area contributed by atoms with Crippen molar-refractivity contribution >= 4 is 5.91 Å². The van der Waals surface area contributed by atoms with Gasteiger partial charge in [0.15, 0.2) is 0 Å². The van der Waals surface area contributed by atoms with Crippen LogP contribution in [0.3, 0.4) is 0 Å². The molecule has 1 rings (SSSR count). The van der Waals surface area contributed by atoms with Crippen LogP contribution in [0.2, 0.25) is 0 Å². The van der Waals surface area contributed by atoms with Crippen LogP contribution >= 0.6 is 0 Å². The molecule has 1 aliphatic heterocycles. The number of piperidine rings is 1. The quantitative estimate of drug-likeness (QED) is 0.720. The van der Waals surface area contributed by atoms with Gasteiger partial charge in [-0.2, -0.15) is 0 Å². The van der Waals surface area contributed by atoms with Gasteiger partial charge < -0.3 is 10.6 Å². The molecule has 0 aromatic rings. The zero-order valence-corrected chi connectivity index (χ0v) is 9.47. The summed E-state index contributed by atoms with van der Waals surface area (Å²) < 4.78 is 0. The molecule has 3 unspecified atom stereocenters. The van der Waals surface area contributed by atoms with Crippen molar-refractivity contribution in [2.75, 3.05) is 0 Å². The molecule has 1 fully saturated rings. The molecular weight excluding hydrogens is 176 g/mol. The Morgan fingerprint density at radius 2 is 2.29 bits per heavy atom. The van der Waals surface area contributed by atoms with Crippen molar-refractivity contribution < 1.29 is 4.79 Å². The zero-order valence-electron chi connectivity index (χ0n) is 9.47. The highest BCUT2D eigenvalue weighted by Crippen LogP contribution is 2.12. The van der Waals surface area contributed by atoms with Crippen LogP contribution in [-0.4, -0.2) is 24.0 Å². The Bertz CT molecular complexity index is 194. The van der Waals surface area contributed by atoms with Gasteiger partial charge in [-0.1, -0.05) is 6.92 Å². The predicted octanol–water partition coefficient (Wildman–Crippen LogP) is 1.43. The number of amides is 1. The topological polar surface area (TPSA) is 41.1 Å². The van der Waals surface area contributed by atoms with E-state index in [1.54, 1.807) is 0 Å². The highest BCUT2D eigenvalue weighted by Gasteiger charge is 2.24. The smallest absolute Gasteiger partial charge is 0.237 e. The summed E-state index contributed by atoms with van der Waals surface area (Å²) >= 11 is 0. The lowest BCUT2D eigenvalue weighted by atomic mass is 9.99. The lowest BCUT2D eigenvalue weighted by Crippen LogP contribution is -2.51. The summed E-state index contributed by atoms with van der Waals surface area (Å²) in [5.41, 5.74) is 0. The zero-order chi connectivity index (χ0) is 10.6. The van der Waals surface area contributed by atoms with Gasteiger partial charge in [0.25, 0.3) is 0 Å². The van der Waals surface area contributed by atoms with Crippen LogP contribution in [0.4, 0.5) is 0 Å². The van der Waals surface area contributed by atoms with Gasteiger partial charge in [0, 0.05) is 12.1 Å². The average molecular weight is 198 g/mol. The first-order valence-electron chi connectivity index (χ1n) is 5.70. The summed E-state index contributed by atoms with van der Waals surface area (Å²) in [6.07, 6.45) is 4.32. The molecule has 3 heteroatoms. The summed E-state index contributed by atoms with van der Waals surface area (Å²) in [7, 11) is 0. The van der Waals surface area contributed by atoms with Gasteiger partial charge in [-0.25, -0.2) is 0 Å². The van der Waals surface area contributed by atoms with E-state index in [9.17, 15) is 4.79 Å². The van der Waals surface area contributed by atoms with E-state index in [1.807, 2.05) is 6.92 Å². The summed E-state index contributed by atoms with van der Waals surface area (Å²) in [6, 6.07) is 0.811. The third-order valence-electron chi connectivity index (χ3n) is 2.93. The van der Waals surface area contributed by atoms with Gasteiger partial charge in [0.2, 0.25) is 5.91 Å². The van der Waals surface area contributed by atoms with Crippen LogP contribution in [0, 0.1) is 0 Å². The van der Waals surface area contributed by atoms with Crippen LogP contribution in [0.5, 0.6) is 0 Å². The minimum atomic E-state index is 0.0350. The van der Waals surface area contributed by atoms with E-state index in [0.717, 1.165) is 19.3 Å². The predicted molar refractivity (Wildman–Crippen MR) is 58.1 cm³/mol. The Morgan fingerprint density at radius 3 is 2.86 bits per heavy atom. The van der Waals surface area contributed by atoms with Crippen LogP contribution in [-0.2, 0) is 4.79 Å². The molecular formula is C11H22N2O. The van der Waals surface area contributed by atoms with Crippen molar-refractivity contribution in [3.8, 4) is 0 Å². The molecule has 0 aromatic heterocycles. The van der Waals surface area contributed by atoms with Crippen LogP contribution < -0.4 is 10.6 Å². The normalized spacial score (nSPS) is 29.6. The maximum absolute atomic E-state index is 11.7. The molecule has 0 radical (unpaired) electrons. The number of hydrogen-bond donors (Lipinski definition) is 2. The molecule has 0 bridgehead atoms. The Kier molecular flexibility index (Phi) is 4.39. The van der Waals surface area contributed by atoms with Crippen molar-refractivity contribution in [1.82, 2.24) is 10.6 Å². The SMILES string of the molecule is CCC(C)NC(=O)C1CCCC(C)N1. The van der Waals surface area contributed by atoms with E-state index in [0.29, 0.717) is 12.1 Å². The van der Waals surface area contributed by atoms with Gasteiger partial charge >= 0.3 is 0 Å². The second-order valence-electron chi connectivity index (χ2n) is 4.37. The van der Waals surface area contributed by atoms with Crippen LogP contribution in [0.25, 0.3) is 0 Å². The fourth-order valence-corrected chi connectivity index (χ4v) is 1.79. The van der Waals surface area contributed by atoms with Gasteiger partial charge in [-0.3, -0.25) is 4.79 Å². The van der Waals surface area contributed by atoms with Crippen molar-refractivity contribution in [3.63, 3.8) is 0 Å². The maximum atomic E-state index is 11.7. The third kappa shape index (κ3) is 3.29. The number of carbonyl (C=O) groups is 1. The minimum absolute atomic E-state index is 0.0350. The maximum Gasteiger partial charge on any atom is 0.237 e. The van der Waals surface area contributed by atoms with E-state index in [4.69, 9.17) is 0 Å². The molecule has 1 aliphatic rings. The van der Waals surface area contributed by atoms with Crippen LogP contribution in [0.1, 0.15) is 46.5 Å². The molecule has 0 aromatic carbocycles. The van der Waals surface area contributed by atoms with Crippen molar-refractivity contribution in [1.29, 1.82) is 0 Å². The fourth-order valence-electron chi connectivity index (χ4n) is 1.79. The van der Waals surface area contributed by atoms with Gasteiger partial charge in [-0.05, 0) is 39.5 Å². The summed E-state index contributed by atoms with van der Waals surface area (Å²) in [4.78, 5) is 11.7.